The van der Waals surface area contributed by atoms with Crippen LogP contribution in [0.25, 0.3) is 11.0 Å². The van der Waals surface area contributed by atoms with Crippen LogP contribution in [-0.2, 0) is 19.4 Å². The Labute approximate surface area is 206 Å². The number of rotatable bonds is 7. The Morgan fingerprint density at radius 1 is 1.16 bits per heavy atom. The molecule has 8 heteroatoms. The molecule has 2 N–H and O–H groups in total. The molecule has 4 rings (SSSR count). The minimum absolute atomic E-state index is 0. The number of aliphatic imine (C=N–C) groups is 1. The third-order valence-electron chi connectivity index (χ3n) is 5.62. The zero-order valence-corrected chi connectivity index (χ0v) is 21.3. The van der Waals surface area contributed by atoms with E-state index in [0.717, 1.165) is 79.8 Å². The summed E-state index contributed by atoms with van der Waals surface area (Å²) in [6.07, 6.45) is 2.79. The first kappa shape index (κ1) is 24.2. The van der Waals surface area contributed by atoms with Crippen LogP contribution in [0.2, 0.25) is 0 Å². The van der Waals surface area contributed by atoms with Crippen LogP contribution in [0.3, 0.4) is 0 Å². The molecular formula is C24H32IN5O2. The van der Waals surface area contributed by atoms with Crippen LogP contribution in [0.4, 0.5) is 0 Å². The first-order valence-corrected chi connectivity index (χ1v) is 10.9. The lowest BCUT2D eigenvalue weighted by atomic mass is 9.99. The van der Waals surface area contributed by atoms with Gasteiger partial charge in [-0.3, -0.25) is 4.99 Å². The van der Waals surface area contributed by atoms with E-state index >= 15 is 0 Å². The molecule has 0 unspecified atom stereocenters. The van der Waals surface area contributed by atoms with Crippen molar-refractivity contribution in [3.8, 4) is 11.5 Å². The Hall–Kier alpha value is -2.49. The minimum atomic E-state index is 0. The topological polar surface area (TPSA) is 74.8 Å². The number of para-hydroxylation sites is 2. The summed E-state index contributed by atoms with van der Waals surface area (Å²) in [6, 6.07) is 12.3. The third-order valence-corrected chi connectivity index (χ3v) is 5.62. The molecule has 0 fully saturated rings. The SMILES string of the molecule is CCNC(=NCCCc1nc2ccccc2[nH]1)N1CCc2cc(OC)c(OC)cc2C1.I. The van der Waals surface area contributed by atoms with Gasteiger partial charge in [0.1, 0.15) is 5.82 Å². The molecule has 3 aromatic rings. The molecule has 2 aromatic carbocycles. The summed E-state index contributed by atoms with van der Waals surface area (Å²) in [5, 5.41) is 3.45. The van der Waals surface area contributed by atoms with Crippen molar-refractivity contribution in [2.45, 2.75) is 32.7 Å². The molecular weight excluding hydrogens is 517 g/mol. The Kier molecular flexibility index (Phi) is 8.60. The first-order valence-electron chi connectivity index (χ1n) is 10.9. The number of benzene rings is 2. The van der Waals surface area contributed by atoms with E-state index in [0.29, 0.717) is 0 Å². The quantitative estimate of drug-likeness (QED) is 0.201. The molecule has 2 heterocycles. The number of aromatic nitrogens is 2. The van der Waals surface area contributed by atoms with Gasteiger partial charge in [0, 0.05) is 32.6 Å². The molecule has 1 aromatic heterocycles. The number of nitrogens with zero attached hydrogens (tertiary/aromatic N) is 3. The Morgan fingerprint density at radius 2 is 1.91 bits per heavy atom. The van der Waals surface area contributed by atoms with E-state index in [2.05, 4.69) is 45.3 Å². The predicted molar refractivity (Wildman–Crippen MR) is 139 cm³/mol. The number of ether oxygens (including phenoxy) is 2. The van der Waals surface area contributed by atoms with Crippen LogP contribution in [0.5, 0.6) is 11.5 Å². The van der Waals surface area contributed by atoms with Crippen molar-refractivity contribution in [3.05, 3.63) is 53.3 Å². The Bertz CT molecular complexity index is 1030. The predicted octanol–water partition coefficient (Wildman–Crippen LogP) is 4.15. The molecule has 7 nitrogen and oxygen atoms in total. The second-order valence-electron chi connectivity index (χ2n) is 7.69. The van der Waals surface area contributed by atoms with Gasteiger partial charge in [-0.1, -0.05) is 12.1 Å². The number of fused-ring (bicyclic) bond motifs is 2. The van der Waals surface area contributed by atoms with Crippen molar-refractivity contribution in [1.29, 1.82) is 0 Å². The van der Waals surface area contributed by atoms with E-state index in [4.69, 9.17) is 14.5 Å². The van der Waals surface area contributed by atoms with Gasteiger partial charge < -0.3 is 24.7 Å². The van der Waals surface area contributed by atoms with Gasteiger partial charge in [-0.25, -0.2) is 4.98 Å². The summed E-state index contributed by atoms with van der Waals surface area (Å²) in [5.41, 5.74) is 4.69. The van der Waals surface area contributed by atoms with Gasteiger partial charge in [0.2, 0.25) is 0 Å². The van der Waals surface area contributed by atoms with Crippen LogP contribution in [0, 0.1) is 0 Å². The van der Waals surface area contributed by atoms with Crippen LogP contribution in [0.1, 0.15) is 30.3 Å². The second kappa shape index (κ2) is 11.4. The fourth-order valence-electron chi connectivity index (χ4n) is 4.05. The van der Waals surface area contributed by atoms with Crippen molar-refractivity contribution in [1.82, 2.24) is 20.2 Å². The van der Waals surface area contributed by atoms with Crippen LogP contribution >= 0.6 is 24.0 Å². The number of imidazole rings is 1. The number of aryl methyl sites for hydroxylation is 1. The van der Waals surface area contributed by atoms with E-state index in [1.807, 2.05) is 18.2 Å². The molecule has 32 heavy (non-hydrogen) atoms. The summed E-state index contributed by atoms with van der Waals surface area (Å²) in [5.74, 6) is 3.55. The average Bonchev–Trinajstić information content (AvgIpc) is 3.22. The highest BCUT2D eigenvalue weighted by molar-refractivity contribution is 14.0. The molecule has 172 valence electrons. The molecule has 1 aliphatic heterocycles. The standard InChI is InChI=1S/C24H31N5O2.HI/c1-4-25-24(26-12-7-10-23-27-19-8-5-6-9-20(19)28-23)29-13-11-17-14-21(30-2)22(31-3)15-18(17)16-29;/h5-6,8-9,14-15H,4,7,10-13,16H2,1-3H3,(H,25,26)(H,27,28);1H. The summed E-state index contributed by atoms with van der Waals surface area (Å²) in [6.45, 7) is 5.45. The lowest BCUT2D eigenvalue weighted by Gasteiger charge is -2.32. The first-order chi connectivity index (χ1) is 15.2. The molecule has 0 saturated carbocycles. The van der Waals surface area contributed by atoms with Crippen LogP contribution in [0.15, 0.2) is 41.4 Å². The van der Waals surface area contributed by atoms with Crippen LogP contribution in [-0.4, -0.2) is 54.7 Å². The van der Waals surface area contributed by atoms with Crippen molar-refractivity contribution < 1.29 is 9.47 Å². The zero-order chi connectivity index (χ0) is 21.6. The summed E-state index contributed by atoms with van der Waals surface area (Å²) in [7, 11) is 3.36. The molecule has 0 spiro atoms. The molecule has 0 aliphatic carbocycles. The number of hydrogen-bond acceptors (Lipinski definition) is 4. The summed E-state index contributed by atoms with van der Waals surface area (Å²) in [4.78, 5) is 15.3. The lowest BCUT2D eigenvalue weighted by molar-refractivity contribution is 0.346. The number of halogens is 1. The number of H-pyrrole nitrogens is 1. The van der Waals surface area contributed by atoms with E-state index in [1.165, 1.54) is 11.1 Å². The maximum atomic E-state index is 5.49. The fraction of sp³-hybridized carbons (Fsp3) is 0.417. The minimum Gasteiger partial charge on any atom is -0.493 e. The Morgan fingerprint density at radius 3 is 2.62 bits per heavy atom. The highest BCUT2D eigenvalue weighted by Crippen LogP contribution is 2.33. The van der Waals surface area contributed by atoms with Crippen molar-refractivity contribution in [2.24, 2.45) is 4.99 Å². The molecule has 1 aliphatic rings. The largest absolute Gasteiger partial charge is 0.493 e. The number of aromatic amines is 1. The summed E-state index contributed by atoms with van der Waals surface area (Å²) >= 11 is 0. The molecule has 0 bridgehead atoms. The highest BCUT2D eigenvalue weighted by Gasteiger charge is 2.21. The lowest BCUT2D eigenvalue weighted by Crippen LogP contribution is -2.44. The van der Waals surface area contributed by atoms with Crippen molar-refractivity contribution >= 4 is 41.0 Å². The van der Waals surface area contributed by atoms with Crippen molar-refractivity contribution in [3.63, 3.8) is 0 Å². The number of nitrogens with one attached hydrogen (secondary N) is 2. The van der Waals surface area contributed by atoms with E-state index in [9.17, 15) is 0 Å². The number of hydrogen-bond donors (Lipinski definition) is 2. The number of guanidine groups is 1. The van der Waals surface area contributed by atoms with Gasteiger partial charge in [-0.15, -0.1) is 24.0 Å². The monoisotopic (exact) mass is 549 g/mol. The second-order valence-corrected chi connectivity index (χ2v) is 7.69. The van der Waals surface area contributed by atoms with Crippen molar-refractivity contribution in [2.75, 3.05) is 33.9 Å². The van der Waals surface area contributed by atoms with Gasteiger partial charge in [-0.05, 0) is 55.2 Å². The van der Waals surface area contributed by atoms with E-state index in [1.54, 1.807) is 14.2 Å². The molecule has 0 saturated heterocycles. The molecule has 0 radical (unpaired) electrons. The van der Waals surface area contributed by atoms with Gasteiger partial charge in [0.05, 0.1) is 25.3 Å². The Balaban J connectivity index is 0.00000289. The van der Waals surface area contributed by atoms with E-state index in [-0.39, 0.29) is 24.0 Å². The fourth-order valence-corrected chi connectivity index (χ4v) is 4.05. The van der Waals surface area contributed by atoms with Gasteiger partial charge >= 0.3 is 0 Å². The van der Waals surface area contributed by atoms with Gasteiger partial charge in [-0.2, -0.15) is 0 Å². The average molecular weight is 549 g/mol. The molecule has 0 amide bonds. The maximum Gasteiger partial charge on any atom is 0.194 e. The zero-order valence-electron chi connectivity index (χ0n) is 19.0. The van der Waals surface area contributed by atoms with Gasteiger partial charge in [0.25, 0.3) is 0 Å². The summed E-state index contributed by atoms with van der Waals surface area (Å²) < 4.78 is 10.9. The molecule has 0 atom stereocenters. The van der Waals surface area contributed by atoms with E-state index < -0.39 is 0 Å². The highest BCUT2D eigenvalue weighted by atomic mass is 127. The normalized spacial score (nSPS) is 13.5. The maximum absolute atomic E-state index is 5.49. The third kappa shape index (κ3) is 5.46. The smallest absolute Gasteiger partial charge is 0.194 e. The van der Waals surface area contributed by atoms with Gasteiger partial charge in [0.15, 0.2) is 17.5 Å². The van der Waals surface area contributed by atoms with Crippen LogP contribution < -0.4 is 14.8 Å². The number of methoxy groups -OCH3 is 2.